The fraction of sp³-hybridized carbons (Fsp3) is 0.417. The minimum atomic E-state index is -1.06. The molecule has 1 aliphatic carbocycles. The van der Waals surface area contributed by atoms with Crippen LogP contribution in [0, 0.1) is 5.41 Å². The molecule has 3 amide bonds. The van der Waals surface area contributed by atoms with Crippen molar-refractivity contribution in [2.45, 2.75) is 26.2 Å². The lowest BCUT2D eigenvalue weighted by Crippen LogP contribution is -2.40. The Morgan fingerprint density at radius 2 is 1.83 bits per heavy atom. The van der Waals surface area contributed by atoms with Gasteiger partial charge in [-0.1, -0.05) is 19.4 Å². The molecule has 18 heavy (non-hydrogen) atoms. The summed E-state index contributed by atoms with van der Waals surface area (Å²) in [5.74, 6) is -1.98. The molecule has 98 valence electrons. The highest BCUT2D eigenvalue weighted by molar-refractivity contribution is 6.02. The summed E-state index contributed by atoms with van der Waals surface area (Å²) < 4.78 is 0. The summed E-state index contributed by atoms with van der Waals surface area (Å²) in [6.07, 6.45) is 4.00. The maximum absolute atomic E-state index is 11.6. The number of nitrogens with two attached hydrogens (primary N) is 3. The van der Waals surface area contributed by atoms with E-state index in [-0.39, 0.29) is 17.6 Å². The quantitative estimate of drug-likeness (QED) is 0.608. The van der Waals surface area contributed by atoms with Crippen molar-refractivity contribution >= 4 is 17.7 Å². The van der Waals surface area contributed by atoms with Crippen LogP contribution < -0.4 is 17.2 Å². The normalized spacial score (nSPS) is 22.9. The minimum Gasteiger partial charge on any atom is -0.369 e. The highest BCUT2D eigenvalue weighted by Crippen LogP contribution is 2.38. The van der Waals surface area contributed by atoms with Crippen molar-refractivity contribution in [3.63, 3.8) is 0 Å². The molecule has 0 aromatic heterocycles. The van der Waals surface area contributed by atoms with Crippen LogP contribution in [-0.2, 0) is 14.4 Å². The fourth-order valence-electron chi connectivity index (χ4n) is 2.16. The second-order valence-electron chi connectivity index (χ2n) is 4.44. The summed E-state index contributed by atoms with van der Waals surface area (Å²) in [5, 5.41) is 0. The van der Waals surface area contributed by atoms with E-state index in [4.69, 9.17) is 17.2 Å². The van der Waals surface area contributed by atoms with Gasteiger partial charge in [0, 0.05) is 11.1 Å². The molecular weight excluding hydrogens is 234 g/mol. The second kappa shape index (κ2) is 5.03. The molecule has 0 aromatic rings. The first-order valence-electron chi connectivity index (χ1n) is 5.65. The standard InChI is InChI=1S/C12H17N3O3/c1-2-3-12(11(15)18)5-7(9(13)16)4-8(6-12)10(14)17/h4-5H,2-3,6H2,1H3,(H2,13,16)(H2,14,17)(H2,15,18). The molecule has 1 atom stereocenters. The third kappa shape index (κ3) is 2.58. The maximum atomic E-state index is 11.6. The van der Waals surface area contributed by atoms with E-state index in [1.807, 2.05) is 6.92 Å². The van der Waals surface area contributed by atoms with E-state index >= 15 is 0 Å². The third-order valence-corrected chi connectivity index (χ3v) is 3.06. The van der Waals surface area contributed by atoms with Gasteiger partial charge in [0.2, 0.25) is 17.7 Å². The summed E-state index contributed by atoms with van der Waals surface area (Å²) in [7, 11) is 0. The van der Waals surface area contributed by atoms with Gasteiger partial charge in [-0.25, -0.2) is 0 Å². The van der Waals surface area contributed by atoms with Crippen molar-refractivity contribution in [3.05, 3.63) is 23.3 Å². The highest BCUT2D eigenvalue weighted by Gasteiger charge is 2.38. The average molecular weight is 251 g/mol. The van der Waals surface area contributed by atoms with Gasteiger partial charge < -0.3 is 17.2 Å². The molecule has 6 nitrogen and oxygen atoms in total. The maximum Gasteiger partial charge on any atom is 0.248 e. The van der Waals surface area contributed by atoms with Gasteiger partial charge in [0.05, 0.1) is 5.41 Å². The lowest BCUT2D eigenvalue weighted by molar-refractivity contribution is -0.125. The Kier molecular flexibility index (Phi) is 3.90. The number of amides is 3. The second-order valence-corrected chi connectivity index (χ2v) is 4.44. The first-order valence-corrected chi connectivity index (χ1v) is 5.65. The number of carbonyl (C=O) groups excluding carboxylic acids is 3. The van der Waals surface area contributed by atoms with Crippen molar-refractivity contribution in [2.24, 2.45) is 22.6 Å². The van der Waals surface area contributed by atoms with E-state index in [0.29, 0.717) is 12.8 Å². The number of carbonyl (C=O) groups is 3. The van der Waals surface area contributed by atoms with Gasteiger partial charge in [-0.15, -0.1) is 0 Å². The molecule has 6 heteroatoms. The summed E-state index contributed by atoms with van der Waals surface area (Å²) in [5.41, 5.74) is 15.0. The molecule has 1 unspecified atom stereocenters. The van der Waals surface area contributed by atoms with Crippen molar-refractivity contribution in [1.82, 2.24) is 0 Å². The van der Waals surface area contributed by atoms with Crippen molar-refractivity contribution in [3.8, 4) is 0 Å². The van der Waals surface area contributed by atoms with Gasteiger partial charge in [-0.2, -0.15) is 0 Å². The average Bonchev–Trinajstić information content (AvgIpc) is 2.28. The van der Waals surface area contributed by atoms with Crippen LogP contribution in [0.1, 0.15) is 26.2 Å². The Balaban J connectivity index is 3.31. The predicted octanol–water partition coefficient (Wildman–Crippen LogP) is -0.515. The predicted molar refractivity (Wildman–Crippen MR) is 65.7 cm³/mol. The Hall–Kier alpha value is -2.11. The van der Waals surface area contributed by atoms with Gasteiger partial charge >= 0.3 is 0 Å². The van der Waals surface area contributed by atoms with Crippen molar-refractivity contribution < 1.29 is 14.4 Å². The zero-order valence-electron chi connectivity index (χ0n) is 10.2. The summed E-state index contributed by atoms with van der Waals surface area (Å²) in [6, 6.07) is 0. The number of hydrogen-bond donors (Lipinski definition) is 3. The third-order valence-electron chi connectivity index (χ3n) is 3.06. The van der Waals surface area contributed by atoms with E-state index in [1.165, 1.54) is 12.2 Å². The van der Waals surface area contributed by atoms with Gasteiger partial charge in [-0.05, 0) is 18.9 Å². The molecule has 0 spiro atoms. The first-order chi connectivity index (χ1) is 8.32. The van der Waals surface area contributed by atoms with Crippen LogP contribution >= 0.6 is 0 Å². The van der Waals surface area contributed by atoms with Gasteiger partial charge in [-0.3, -0.25) is 14.4 Å². The molecule has 0 fully saturated rings. The Bertz CT molecular complexity index is 465. The van der Waals surface area contributed by atoms with E-state index in [2.05, 4.69) is 0 Å². The van der Waals surface area contributed by atoms with Crippen LogP contribution in [0.25, 0.3) is 0 Å². The Labute approximate surface area is 105 Å². The van der Waals surface area contributed by atoms with Crippen LogP contribution in [-0.4, -0.2) is 17.7 Å². The van der Waals surface area contributed by atoms with Crippen molar-refractivity contribution in [1.29, 1.82) is 0 Å². The molecule has 0 heterocycles. The van der Waals surface area contributed by atoms with E-state index < -0.39 is 23.1 Å². The summed E-state index contributed by atoms with van der Waals surface area (Å²) in [4.78, 5) is 34.2. The molecule has 0 bridgehead atoms. The lowest BCUT2D eigenvalue weighted by atomic mass is 9.72. The largest absolute Gasteiger partial charge is 0.369 e. The van der Waals surface area contributed by atoms with Crippen LogP contribution in [0.4, 0.5) is 0 Å². The van der Waals surface area contributed by atoms with E-state index in [9.17, 15) is 14.4 Å². The van der Waals surface area contributed by atoms with Crippen LogP contribution in [0.2, 0.25) is 0 Å². The fourth-order valence-corrected chi connectivity index (χ4v) is 2.16. The number of hydrogen-bond acceptors (Lipinski definition) is 3. The van der Waals surface area contributed by atoms with Gasteiger partial charge in [0.1, 0.15) is 0 Å². The Morgan fingerprint density at radius 1 is 1.22 bits per heavy atom. The molecule has 0 aromatic carbocycles. The number of primary amides is 3. The molecule has 1 aliphatic rings. The lowest BCUT2D eigenvalue weighted by Gasteiger charge is -2.31. The van der Waals surface area contributed by atoms with Crippen LogP contribution in [0.15, 0.2) is 23.3 Å². The van der Waals surface area contributed by atoms with E-state index in [0.717, 1.165) is 0 Å². The molecule has 1 rings (SSSR count). The van der Waals surface area contributed by atoms with E-state index in [1.54, 1.807) is 0 Å². The highest BCUT2D eigenvalue weighted by atomic mass is 16.2. The molecule has 0 radical (unpaired) electrons. The SMILES string of the molecule is CCCC1(C(N)=O)C=C(C(N)=O)C=C(C(N)=O)C1. The zero-order chi connectivity index (χ0) is 13.9. The molecular formula is C12H17N3O3. The van der Waals surface area contributed by atoms with Crippen molar-refractivity contribution in [2.75, 3.05) is 0 Å². The topological polar surface area (TPSA) is 129 Å². The zero-order valence-corrected chi connectivity index (χ0v) is 10.2. The monoisotopic (exact) mass is 251 g/mol. The first kappa shape index (κ1) is 14.0. The molecule has 0 saturated carbocycles. The minimum absolute atomic E-state index is 0.0994. The van der Waals surface area contributed by atoms with Crippen LogP contribution in [0.5, 0.6) is 0 Å². The van der Waals surface area contributed by atoms with Gasteiger partial charge in [0.15, 0.2) is 0 Å². The molecule has 6 N–H and O–H groups in total. The van der Waals surface area contributed by atoms with Gasteiger partial charge in [0.25, 0.3) is 0 Å². The smallest absolute Gasteiger partial charge is 0.248 e. The number of rotatable bonds is 5. The van der Waals surface area contributed by atoms with Crippen LogP contribution in [0.3, 0.4) is 0 Å². The Morgan fingerprint density at radius 3 is 2.22 bits per heavy atom. The molecule has 0 saturated heterocycles. The summed E-state index contributed by atoms with van der Waals surface area (Å²) in [6.45, 7) is 1.88. The summed E-state index contributed by atoms with van der Waals surface area (Å²) >= 11 is 0. The molecule has 0 aliphatic heterocycles.